The number of aromatic nitrogens is 1. The Labute approximate surface area is 174 Å². The Morgan fingerprint density at radius 2 is 1.76 bits per heavy atom. The van der Waals surface area contributed by atoms with Crippen molar-refractivity contribution in [1.82, 2.24) is 14.4 Å². The van der Waals surface area contributed by atoms with Gasteiger partial charge >= 0.3 is 0 Å². The lowest BCUT2D eigenvalue weighted by molar-refractivity contribution is -0.141. The minimum absolute atomic E-state index is 0.0243. The van der Waals surface area contributed by atoms with E-state index in [0.29, 0.717) is 32.7 Å². The maximum absolute atomic E-state index is 13.1. The Morgan fingerprint density at radius 1 is 1.03 bits per heavy atom. The Morgan fingerprint density at radius 3 is 2.34 bits per heavy atom. The molecule has 0 unspecified atom stereocenters. The van der Waals surface area contributed by atoms with Gasteiger partial charge in [-0.05, 0) is 23.6 Å². The minimum Gasteiger partial charge on any atom is -0.383 e. The number of rotatable bonds is 11. The molecule has 6 nitrogen and oxygen atoms in total. The zero-order chi connectivity index (χ0) is 21.2. The highest BCUT2D eigenvalue weighted by Crippen LogP contribution is 2.10. The van der Waals surface area contributed by atoms with Crippen LogP contribution in [0.5, 0.6) is 0 Å². The SMILES string of the molecule is COCCN(Cc1cccn1C)C(=O)CN(CC(C)C)C(=O)Cc1ccccc1. The van der Waals surface area contributed by atoms with Crippen molar-refractivity contribution in [2.24, 2.45) is 13.0 Å². The van der Waals surface area contributed by atoms with E-state index in [0.717, 1.165) is 11.3 Å². The van der Waals surface area contributed by atoms with Gasteiger partial charge in [0.15, 0.2) is 0 Å². The van der Waals surface area contributed by atoms with Crippen molar-refractivity contribution in [2.45, 2.75) is 26.8 Å². The van der Waals surface area contributed by atoms with Crippen LogP contribution in [0, 0.1) is 5.92 Å². The summed E-state index contributed by atoms with van der Waals surface area (Å²) in [6.45, 7) is 6.19. The molecule has 0 radical (unpaired) electrons. The summed E-state index contributed by atoms with van der Waals surface area (Å²) < 4.78 is 7.19. The van der Waals surface area contributed by atoms with E-state index in [1.807, 2.05) is 60.3 Å². The van der Waals surface area contributed by atoms with Crippen LogP contribution in [-0.2, 0) is 34.3 Å². The number of benzene rings is 1. The summed E-state index contributed by atoms with van der Waals surface area (Å²) >= 11 is 0. The normalized spacial score (nSPS) is 10.9. The lowest BCUT2D eigenvalue weighted by atomic mass is 10.1. The lowest BCUT2D eigenvalue weighted by Crippen LogP contribution is -2.45. The van der Waals surface area contributed by atoms with Crippen molar-refractivity contribution < 1.29 is 14.3 Å². The van der Waals surface area contributed by atoms with Gasteiger partial charge in [0, 0.05) is 39.1 Å². The number of hydrogen-bond donors (Lipinski definition) is 0. The van der Waals surface area contributed by atoms with E-state index in [1.54, 1.807) is 16.9 Å². The highest BCUT2D eigenvalue weighted by molar-refractivity contribution is 5.86. The fourth-order valence-electron chi connectivity index (χ4n) is 3.19. The molecule has 1 aromatic carbocycles. The quantitative estimate of drug-likeness (QED) is 0.584. The van der Waals surface area contributed by atoms with Gasteiger partial charge in [-0.1, -0.05) is 44.2 Å². The molecule has 0 atom stereocenters. The number of carbonyl (C=O) groups excluding carboxylic acids is 2. The molecule has 29 heavy (non-hydrogen) atoms. The second-order valence-corrected chi connectivity index (χ2v) is 7.75. The predicted octanol–water partition coefficient (Wildman–Crippen LogP) is 2.73. The van der Waals surface area contributed by atoms with Crippen molar-refractivity contribution in [2.75, 3.05) is 33.4 Å². The van der Waals surface area contributed by atoms with E-state index in [9.17, 15) is 9.59 Å². The largest absolute Gasteiger partial charge is 0.383 e. The van der Waals surface area contributed by atoms with E-state index in [1.165, 1.54) is 0 Å². The summed E-state index contributed by atoms with van der Waals surface area (Å²) in [6, 6.07) is 13.6. The molecule has 2 rings (SSSR count). The number of methoxy groups -OCH3 is 1. The Bertz CT molecular complexity index is 771. The molecule has 1 heterocycles. The molecule has 6 heteroatoms. The van der Waals surface area contributed by atoms with Crippen LogP contribution in [0.1, 0.15) is 25.1 Å². The second kappa shape index (κ2) is 11.4. The fraction of sp³-hybridized carbons (Fsp3) is 0.478. The Balaban J connectivity index is 2.09. The molecule has 0 fully saturated rings. The molecule has 0 aliphatic heterocycles. The molecule has 2 aromatic rings. The van der Waals surface area contributed by atoms with Crippen LogP contribution in [0.2, 0.25) is 0 Å². The fourth-order valence-corrected chi connectivity index (χ4v) is 3.19. The van der Waals surface area contributed by atoms with Gasteiger partial charge in [-0.3, -0.25) is 9.59 Å². The maximum atomic E-state index is 13.1. The molecule has 2 amide bonds. The third-order valence-electron chi connectivity index (χ3n) is 4.78. The van der Waals surface area contributed by atoms with Crippen molar-refractivity contribution in [1.29, 1.82) is 0 Å². The number of carbonyl (C=O) groups is 2. The van der Waals surface area contributed by atoms with Gasteiger partial charge in [-0.2, -0.15) is 0 Å². The van der Waals surface area contributed by atoms with Gasteiger partial charge in [-0.15, -0.1) is 0 Å². The van der Waals surface area contributed by atoms with Gasteiger partial charge in [0.25, 0.3) is 0 Å². The molecule has 0 saturated heterocycles. The topological polar surface area (TPSA) is 54.8 Å². The lowest BCUT2D eigenvalue weighted by Gasteiger charge is -2.29. The molecular formula is C23H33N3O3. The van der Waals surface area contributed by atoms with E-state index < -0.39 is 0 Å². The average Bonchev–Trinajstić information content (AvgIpc) is 3.09. The van der Waals surface area contributed by atoms with Gasteiger partial charge in [0.1, 0.15) is 0 Å². The minimum atomic E-state index is -0.0645. The van der Waals surface area contributed by atoms with Crippen LogP contribution in [0.25, 0.3) is 0 Å². The van der Waals surface area contributed by atoms with Gasteiger partial charge in [0.2, 0.25) is 11.8 Å². The van der Waals surface area contributed by atoms with Crippen molar-refractivity contribution in [3.05, 3.63) is 59.9 Å². The van der Waals surface area contributed by atoms with E-state index >= 15 is 0 Å². The first kappa shape index (κ1) is 22.7. The van der Waals surface area contributed by atoms with E-state index in [-0.39, 0.29) is 24.3 Å². The van der Waals surface area contributed by atoms with Crippen LogP contribution in [0.4, 0.5) is 0 Å². The third kappa shape index (κ3) is 7.38. The average molecular weight is 400 g/mol. The monoisotopic (exact) mass is 399 g/mol. The van der Waals surface area contributed by atoms with E-state index in [4.69, 9.17) is 4.74 Å². The first-order valence-corrected chi connectivity index (χ1v) is 10.1. The zero-order valence-corrected chi connectivity index (χ0v) is 18.0. The smallest absolute Gasteiger partial charge is 0.242 e. The molecule has 0 bridgehead atoms. The van der Waals surface area contributed by atoms with Crippen molar-refractivity contribution in [3.8, 4) is 0 Å². The second-order valence-electron chi connectivity index (χ2n) is 7.75. The summed E-state index contributed by atoms with van der Waals surface area (Å²) in [7, 11) is 3.59. The molecule has 0 aliphatic rings. The Hall–Kier alpha value is -2.60. The molecular weight excluding hydrogens is 366 g/mol. The summed E-state index contributed by atoms with van der Waals surface area (Å²) in [6.07, 6.45) is 2.26. The Kier molecular flexibility index (Phi) is 8.93. The molecule has 1 aromatic heterocycles. The first-order chi connectivity index (χ1) is 13.9. The number of hydrogen-bond acceptors (Lipinski definition) is 3. The summed E-state index contributed by atoms with van der Waals surface area (Å²) in [5, 5.41) is 0. The van der Waals surface area contributed by atoms with Crippen LogP contribution >= 0.6 is 0 Å². The number of ether oxygens (including phenoxy) is 1. The zero-order valence-electron chi connectivity index (χ0n) is 18.0. The molecule has 0 spiro atoms. The van der Waals surface area contributed by atoms with Crippen LogP contribution in [0.3, 0.4) is 0 Å². The standard InChI is InChI=1S/C23H33N3O3/c1-19(2)16-26(22(27)15-20-9-6-5-7-10-20)18-23(28)25(13-14-29-4)17-21-11-8-12-24(21)3/h5-12,19H,13-18H2,1-4H3. The molecule has 158 valence electrons. The predicted molar refractivity (Wildman–Crippen MR) is 114 cm³/mol. The van der Waals surface area contributed by atoms with Gasteiger partial charge in [0.05, 0.1) is 26.1 Å². The van der Waals surface area contributed by atoms with Gasteiger partial charge < -0.3 is 19.1 Å². The summed E-state index contributed by atoms with van der Waals surface area (Å²) in [5.41, 5.74) is 2.00. The number of aryl methyl sites for hydroxylation is 1. The summed E-state index contributed by atoms with van der Waals surface area (Å²) in [4.78, 5) is 29.5. The van der Waals surface area contributed by atoms with Crippen molar-refractivity contribution in [3.63, 3.8) is 0 Å². The van der Waals surface area contributed by atoms with Crippen LogP contribution in [-0.4, -0.2) is 59.5 Å². The molecule has 0 N–H and O–H groups in total. The highest BCUT2D eigenvalue weighted by Gasteiger charge is 2.22. The highest BCUT2D eigenvalue weighted by atomic mass is 16.5. The van der Waals surface area contributed by atoms with Crippen LogP contribution in [0.15, 0.2) is 48.7 Å². The van der Waals surface area contributed by atoms with Crippen LogP contribution < -0.4 is 0 Å². The first-order valence-electron chi connectivity index (χ1n) is 10.1. The number of amides is 2. The molecule has 0 aliphatic carbocycles. The third-order valence-corrected chi connectivity index (χ3v) is 4.78. The maximum Gasteiger partial charge on any atom is 0.242 e. The molecule has 0 saturated carbocycles. The van der Waals surface area contributed by atoms with Crippen molar-refractivity contribution >= 4 is 11.8 Å². The van der Waals surface area contributed by atoms with Gasteiger partial charge in [-0.25, -0.2) is 0 Å². The van der Waals surface area contributed by atoms with E-state index in [2.05, 4.69) is 13.8 Å². The summed E-state index contributed by atoms with van der Waals surface area (Å²) in [5.74, 6) is 0.192. The number of nitrogens with zero attached hydrogens (tertiary/aromatic N) is 3.